The summed E-state index contributed by atoms with van der Waals surface area (Å²) >= 11 is 0. The van der Waals surface area contributed by atoms with Gasteiger partial charge in [0, 0.05) is 27.5 Å². The first kappa shape index (κ1) is 30.0. The van der Waals surface area contributed by atoms with Crippen LogP contribution in [0, 0.1) is 11.3 Å². The molecule has 9 rings (SSSR count). The van der Waals surface area contributed by atoms with Gasteiger partial charge in [0.05, 0.1) is 23.0 Å². The van der Waals surface area contributed by atoms with Crippen LogP contribution >= 0.6 is 0 Å². The highest BCUT2D eigenvalue weighted by atomic mass is 16.3. The maximum atomic E-state index is 9.66. The smallest absolute Gasteiger partial charge is 0.160 e. The molecule has 2 heterocycles. The summed E-state index contributed by atoms with van der Waals surface area (Å²) in [7, 11) is 0. The third-order valence-corrected chi connectivity index (χ3v) is 9.31. The van der Waals surface area contributed by atoms with Gasteiger partial charge in [-0.1, -0.05) is 121 Å². The number of aromatic nitrogens is 2. The summed E-state index contributed by atoms with van der Waals surface area (Å²) in [6.45, 7) is 0. The third-order valence-electron chi connectivity index (χ3n) is 9.31. The second-order valence-corrected chi connectivity index (χ2v) is 12.6. The van der Waals surface area contributed by atoms with Crippen LogP contribution in [0.25, 0.3) is 89.2 Å². The summed E-state index contributed by atoms with van der Waals surface area (Å²) in [6, 6.07) is 62.3. The Hall–Kier alpha value is -7.09. The van der Waals surface area contributed by atoms with Gasteiger partial charge in [-0.05, 0) is 88.0 Å². The van der Waals surface area contributed by atoms with E-state index in [-0.39, 0.29) is 0 Å². The Morgan fingerprint density at radius 2 is 0.922 bits per heavy atom. The molecule has 0 atom stereocenters. The summed E-state index contributed by atoms with van der Waals surface area (Å²) in [5.41, 5.74) is 13.3. The zero-order chi connectivity index (χ0) is 34.1. The summed E-state index contributed by atoms with van der Waals surface area (Å²) in [4.78, 5) is 10.2. The molecule has 0 radical (unpaired) electrons. The van der Waals surface area contributed by atoms with Crippen molar-refractivity contribution < 1.29 is 4.42 Å². The Labute approximate surface area is 295 Å². The molecule has 0 fully saturated rings. The molecular weight excluding hydrogens is 623 g/mol. The highest BCUT2D eigenvalue weighted by molar-refractivity contribution is 6.06. The van der Waals surface area contributed by atoms with E-state index in [0.29, 0.717) is 11.4 Å². The number of nitrogens with zero attached hydrogens (tertiary/aromatic N) is 3. The third kappa shape index (κ3) is 5.84. The zero-order valence-electron chi connectivity index (χ0n) is 27.5. The molecule has 2 aromatic heterocycles. The molecule has 0 saturated heterocycles. The molecule has 0 aliphatic carbocycles. The number of furan rings is 1. The van der Waals surface area contributed by atoms with E-state index in [4.69, 9.17) is 14.4 Å². The summed E-state index contributed by atoms with van der Waals surface area (Å²) < 4.78 is 6.17. The fourth-order valence-corrected chi connectivity index (χ4v) is 6.71. The van der Waals surface area contributed by atoms with Crippen molar-refractivity contribution in [3.05, 3.63) is 181 Å². The number of rotatable bonds is 6. The SMILES string of the molecule is N#Cc1cccc(-c2cc(-c3cc(-c4ccc(-c5ccccc5)cc4)cc(-c4ccc5oc6ccccc6c5c4)c3)nc(-c3ccccc3)n2)c1. The lowest BCUT2D eigenvalue weighted by atomic mass is 9.93. The minimum atomic E-state index is 0.583. The monoisotopic (exact) mass is 651 g/mol. The molecule has 0 aliphatic rings. The lowest BCUT2D eigenvalue weighted by molar-refractivity contribution is 0.669. The number of hydrogen-bond acceptors (Lipinski definition) is 4. The van der Waals surface area contributed by atoms with Crippen molar-refractivity contribution in [3.63, 3.8) is 0 Å². The van der Waals surface area contributed by atoms with Gasteiger partial charge >= 0.3 is 0 Å². The molecule has 7 aromatic carbocycles. The molecule has 0 N–H and O–H groups in total. The lowest BCUT2D eigenvalue weighted by Gasteiger charge is -2.14. The van der Waals surface area contributed by atoms with Crippen LogP contribution in [-0.2, 0) is 0 Å². The van der Waals surface area contributed by atoms with E-state index in [1.54, 1.807) is 0 Å². The van der Waals surface area contributed by atoms with E-state index < -0.39 is 0 Å². The quantitative estimate of drug-likeness (QED) is 0.179. The van der Waals surface area contributed by atoms with Gasteiger partial charge in [-0.2, -0.15) is 5.26 Å². The van der Waals surface area contributed by atoms with Crippen molar-refractivity contribution in [2.75, 3.05) is 0 Å². The van der Waals surface area contributed by atoms with Crippen molar-refractivity contribution in [2.45, 2.75) is 0 Å². The molecule has 0 spiro atoms. The number of nitriles is 1. The van der Waals surface area contributed by atoms with Gasteiger partial charge in [-0.15, -0.1) is 0 Å². The fourth-order valence-electron chi connectivity index (χ4n) is 6.71. The summed E-state index contributed by atoms with van der Waals surface area (Å²) in [5, 5.41) is 11.8. The fraction of sp³-hybridized carbons (Fsp3) is 0. The van der Waals surface area contributed by atoms with Crippen LogP contribution in [0.1, 0.15) is 5.56 Å². The van der Waals surface area contributed by atoms with E-state index in [1.807, 2.05) is 84.9 Å². The molecule has 0 amide bonds. The first-order valence-electron chi connectivity index (χ1n) is 16.9. The average molecular weight is 652 g/mol. The molecule has 51 heavy (non-hydrogen) atoms. The molecule has 4 nitrogen and oxygen atoms in total. The van der Waals surface area contributed by atoms with Gasteiger partial charge in [-0.25, -0.2) is 9.97 Å². The van der Waals surface area contributed by atoms with E-state index in [1.165, 1.54) is 11.1 Å². The molecule has 4 heteroatoms. The Morgan fingerprint density at radius 3 is 1.67 bits per heavy atom. The second kappa shape index (κ2) is 12.7. The van der Waals surface area contributed by atoms with E-state index >= 15 is 0 Å². The van der Waals surface area contributed by atoms with Gasteiger partial charge in [0.25, 0.3) is 0 Å². The highest BCUT2D eigenvalue weighted by Crippen LogP contribution is 2.38. The number of hydrogen-bond donors (Lipinski definition) is 0. The maximum Gasteiger partial charge on any atom is 0.160 e. The minimum Gasteiger partial charge on any atom is -0.456 e. The van der Waals surface area contributed by atoms with Crippen molar-refractivity contribution in [3.8, 4) is 73.4 Å². The molecule has 0 bridgehead atoms. The van der Waals surface area contributed by atoms with Crippen molar-refractivity contribution in [1.29, 1.82) is 5.26 Å². The van der Waals surface area contributed by atoms with Crippen LogP contribution in [0.5, 0.6) is 0 Å². The second-order valence-electron chi connectivity index (χ2n) is 12.6. The maximum absolute atomic E-state index is 9.66. The number of para-hydroxylation sites is 1. The highest BCUT2D eigenvalue weighted by Gasteiger charge is 2.15. The van der Waals surface area contributed by atoms with Crippen LogP contribution in [-0.4, -0.2) is 9.97 Å². The van der Waals surface area contributed by atoms with Crippen LogP contribution < -0.4 is 0 Å². The normalized spacial score (nSPS) is 11.1. The first-order valence-corrected chi connectivity index (χ1v) is 16.9. The molecule has 0 saturated carbocycles. The Bertz CT molecular complexity index is 2740. The molecule has 0 aliphatic heterocycles. The summed E-state index contributed by atoms with van der Waals surface area (Å²) in [6.07, 6.45) is 0. The van der Waals surface area contributed by atoms with Gasteiger partial charge in [0.2, 0.25) is 0 Å². The lowest BCUT2D eigenvalue weighted by Crippen LogP contribution is -1.97. The van der Waals surface area contributed by atoms with E-state index in [2.05, 4.69) is 97.1 Å². The predicted octanol–water partition coefficient (Wildman–Crippen LogP) is 12.2. The van der Waals surface area contributed by atoms with Crippen molar-refractivity contribution in [1.82, 2.24) is 9.97 Å². The van der Waals surface area contributed by atoms with Crippen LogP contribution in [0.15, 0.2) is 180 Å². The molecule has 238 valence electrons. The molecular formula is C47H29N3O. The predicted molar refractivity (Wildman–Crippen MR) is 207 cm³/mol. The minimum absolute atomic E-state index is 0.583. The van der Waals surface area contributed by atoms with Gasteiger partial charge in [0.1, 0.15) is 11.2 Å². The van der Waals surface area contributed by atoms with Crippen LogP contribution in [0.4, 0.5) is 0 Å². The first-order chi connectivity index (χ1) is 25.2. The number of fused-ring (bicyclic) bond motifs is 3. The van der Waals surface area contributed by atoms with Crippen molar-refractivity contribution in [2.24, 2.45) is 0 Å². The largest absolute Gasteiger partial charge is 0.456 e. The topological polar surface area (TPSA) is 62.7 Å². The molecule has 0 unspecified atom stereocenters. The zero-order valence-corrected chi connectivity index (χ0v) is 27.5. The van der Waals surface area contributed by atoms with Crippen molar-refractivity contribution >= 4 is 21.9 Å². The van der Waals surface area contributed by atoms with Gasteiger partial charge in [-0.3, -0.25) is 0 Å². The average Bonchev–Trinajstić information content (AvgIpc) is 3.59. The van der Waals surface area contributed by atoms with E-state index in [0.717, 1.165) is 72.3 Å². The van der Waals surface area contributed by atoms with Crippen LogP contribution in [0.3, 0.4) is 0 Å². The van der Waals surface area contributed by atoms with Crippen LogP contribution in [0.2, 0.25) is 0 Å². The van der Waals surface area contributed by atoms with E-state index in [9.17, 15) is 5.26 Å². The standard InChI is InChI=1S/C47H29N3O/c48-30-31-10-9-15-37(24-31)43-29-44(50-47(49-43)35-13-5-2-6-14-35)40-26-38(34-20-18-33(19-21-34)32-11-3-1-4-12-32)25-39(27-40)36-22-23-46-42(28-36)41-16-7-8-17-45(41)51-46/h1-29H. The number of benzene rings is 7. The Balaban J connectivity index is 1.25. The Morgan fingerprint density at radius 1 is 0.373 bits per heavy atom. The summed E-state index contributed by atoms with van der Waals surface area (Å²) in [5.74, 6) is 0.621. The van der Waals surface area contributed by atoms with Gasteiger partial charge in [0.15, 0.2) is 5.82 Å². The van der Waals surface area contributed by atoms with Gasteiger partial charge < -0.3 is 4.42 Å². The Kier molecular flexibility index (Phi) is 7.50. The molecule has 9 aromatic rings.